The number of esters is 1. The van der Waals surface area contributed by atoms with Crippen molar-refractivity contribution < 1.29 is 42.3 Å². The Kier molecular flexibility index (Phi) is 10.9. The Balaban J connectivity index is 1.49. The van der Waals surface area contributed by atoms with Crippen LogP contribution in [0.1, 0.15) is 64.9 Å². The number of piperidine rings is 1. The number of nitrogens with one attached hydrogen (secondary N) is 2. The van der Waals surface area contributed by atoms with E-state index in [9.17, 15) is 42.5 Å². The number of nitrogens with zero attached hydrogens (tertiary/aromatic N) is 4. The van der Waals surface area contributed by atoms with Gasteiger partial charge in [-0.05, 0) is 76.0 Å². The van der Waals surface area contributed by atoms with Gasteiger partial charge in [-0.25, -0.2) is 13.6 Å². The number of carbonyl (C=O) groups excluding carboxylic acids is 6. The van der Waals surface area contributed by atoms with Gasteiger partial charge in [-0.1, -0.05) is 12.1 Å². The van der Waals surface area contributed by atoms with Crippen LogP contribution in [0.2, 0.25) is 0 Å². The number of fused-ring (bicyclic) bond motifs is 3. The Bertz CT molecular complexity index is 1490. The molecule has 14 nitrogen and oxygen atoms in total. The third-order valence-electron chi connectivity index (χ3n) is 9.82. The van der Waals surface area contributed by atoms with Crippen LogP contribution in [0.5, 0.6) is 0 Å². The van der Waals surface area contributed by atoms with Crippen LogP contribution in [0.4, 0.5) is 8.78 Å². The number of amides is 5. The number of hydrogen-bond donors (Lipinski definition) is 2. The van der Waals surface area contributed by atoms with Crippen LogP contribution in [0.3, 0.4) is 0 Å². The molecule has 4 heterocycles. The normalized spacial score (nSPS) is 30.6. The van der Waals surface area contributed by atoms with Gasteiger partial charge in [0.1, 0.15) is 47.9 Å². The summed E-state index contributed by atoms with van der Waals surface area (Å²) >= 11 is 0. The van der Waals surface area contributed by atoms with E-state index in [0.717, 1.165) is 12.1 Å². The summed E-state index contributed by atoms with van der Waals surface area (Å²) in [5, 5.41) is 8.03. The third kappa shape index (κ3) is 7.72. The molecule has 1 aromatic carbocycles. The number of hydrogen-bond acceptors (Lipinski definition) is 9. The average Bonchev–Trinajstić information content (AvgIpc) is 3.71. The summed E-state index contributed by atoms with van der Waals surface area (Å²) in [5.41, 5.74) is -0.0271. The van der Waals surface area contributed by atoms with Gasteiger partial charge < -0.3 is 30.1 Å². The van der Waals surface area contributed by atoms with Crippen molar-refractivity contribution in [2.75, 3.05) is 19.6 Å². The molecule has 0 saturated carbocycles. The van der Waals surface area contributed by atoms with Gasteiger partial charge in [0.25, 0.3) is 0 Å². The predicted octanol–water partition coefficient (Wildman–Crippen LogP) is 1.19. The van der Waals surface area contributed by atoms with E-state index < -0.39 is 95.9 Å². The molecule has 8 unspecified atom stereocenters. The molecule has 4 aliphatic rings. The Morgan fingerprint density at radius 2 is 1.55 bits per heavy atom. The fourth-order valence-corrected chi connectivity index (χ4v) is 7.35. The van der Waals surface area contributed by atoms with Gasteiger partial charge in [0.2, 0.25) is 29.5 Å². The average molecular weight is 689 g/mol. The first-order valence-electron chi connectivity index (χ1n) is 16.8. The highest BCUT2D eigenvalue weighted by atomic mass is 19.1. The van der Waals surface area contributed by atoms with Crippen LogP contribution in [-0.4, -0.2) is 112 Å². The van der Waals surface area contributed by atoms with Crippen LogP contribution in [0.15, 0.2) is 23.4 Å². The standard InChI is InChI=1S/C33H42F2N6O8/c1-17-11-26-33(47)49-19(3)27(37-28(42)23(38-48)14-20-12-21(34)15-22(35)13-20)32(46)40-10-6-8-25(40)31(45)39-9-5-4-7-24(39)29(43)36-18(2)30(44)41(26)16-17/h12-13,15,17-19,23-27H,4-11,14,16H2,1-3H3,(H,36,43)(H,37,42). The zero-order chi connectivity index (χ0) is 35.6. The van der Waals surface area contributed by atoms with Gasteiger partial charge in [-0.2, -0.15) is 0 Å². The summed E-state index contributed by atoms with van der Waals surface area (Å²) < 4.78 is 33.4. The molecule has 49 heavy (non-hydrogen) atoms. The first kappa shape index (κ1) is 35.8. The number of nitroso groups, excluding NO2 is 1. The van der Waals surface area contributed by atoms with Crippen molar-refractivity contribution in [2.45, 2.75) is 108 Å². The largest absolute Gasteiger partial charge is 0.458 e. The first-order chi connectivity index (χ1) is 23.3. The highest BCUT2D eigenvalue weighted by Gasteiger charge is 2.47. The molecule has 0 bridgehead atoms. The lowest BCUT2D eigenvalue weighted by Crippen LogP contribution is -2.62. The topological polar surface area (TPSA) is 175 Å². The minimum Gasteiger partial charge on any atom is -0.458 e. The van der Waals surface area contributed by atoms with E-state index in [4.69, 9.17) is 4.74 Å². The van der Waals surface area contributed by atoms with Crippen molar-refractivity contribution in [1.82, 2.24) is 25.3 Å². The molecule has 0 radical (unpaired) electrons. The second-order valence-corrected chi connectivity index (χ2v) is 13.5. The molecule has 4 saturated heterocycles. The van der Waals surface area contributed by atoms with Gasteiger partial charge in [0, 0.05) is 32.1 Å². The minimum absolute atomic E-state index is 0.0271. The van der Waals surface area contributed by atoms with E-state index in [1.54, 1.807) is 0 Å². The summed E-state index contributed by atoms with van der Waals surface area (Å²) in [6.07, 6.45) is 0.804. The van der Waals surface area contributed by atoms with Gasteiger partial charge in [0.05, 0.1) is 0 Å². The van der Waals surface area contributed by atoms with Gasteiger partial charge in [-0.3, -0.25) is 24.0 Å². The van der Waals surface area contributed by atoms with Gasteiger partial charge in [-0.15, -0.1) is 4.91 Å². The fourth-order valence-electron chi connectivity index (χ4n) is 7.35. The Morgan fingerprint density at radius 1 is 0.898 bits per heavy atom. The van der Waals surface area contributed by atoms with Gasteiger partial charge >= 0.3 is 5.97 Å². The molecule has 5 rings (SSSR count). The highest BCUT2D eigenvalue weighted by molar-refractivity contribution is 5.97. The van der Waals surface area contributed by atoms with E-state index in [0.29, 0.717) is 31.7 Å². The molecule has 0 spiro atoms. The molecule has 266 valence electrons. The molecule has 4 fully saturated rings. The van der Waals surface area contributed by atoms with Crippen molar-refractivity contribution in [2.24, 2.45) is 11.1 Å². The second kappa shape index (κ2) is 14.9. The van der Waals surface area contributed by atoms with Crippen LogP contribution in [0.25, 0.3) is 0 Å². The molecule has 0 aliphatic carbocycles. The smallest absolute Gasteiger partial charge is 0.329 e. The predicted molar refractivity (Wildman–Crippen MR) is 168 cm³/mol. The van der Waals surface area contributed by atoms with Gasteiger partial charge in [0.15, 0.2) is 6.04 Å². The quantitative estimate of drug-likeness (QED) is 0.343. The number of rotatable bonds is 5. The van der Waals surface area contributed by atoms with Crippen molar-refractivity contribution >= 4 is 35.5 Å². The summed E-state index contributed by atoms with van der Waals surface area (Å²) in [7, 11) is 0. The zero-order valence-electron chi connectivity index (χ0n) is 27.7. The molecule has 4 aliphatic heterocycles. The van der Waals surface area contributed by atoms with Crippen molar-refractivity contribution in [1.29, 1.82) is 0 Å². The molecule has 1 aromatic rings. The minimum atomic E-state index is -1.72. The summed E-state index contributed by atoms with van der Waals surface area (Å²) in [5.74, 6) is -6.08. The maximum absolute atomic E-state index is 14.3. The number of cyclic esters (lactones) is 1. The summed E-state index contributed by atoms with van der Waals surface area (Å²) in [4.78, 5) is 98.4. The number of ether oxygens (including phenoxy) is 1. The lowest BCUT2D eigenvalue weighted by Gasteiger charge is -2.39. The van der Waals surface area contributed by atoms with E-state index in [-0.39, 0.29) is 44.0 Å². The van der Waals surface area contributed by atoms with Crippen LogP contribution in [-0.2, 0) is 39.9 Å². The molecule has 8 atom stereocenters. The van der Waals surface area contributed by atoms with E-state index in [1.807, 2.05) is 6.92 Å². The molecular weight excluding hydrogens is 646 g/mol. The SMILES string of the molecule is CC1CC2C(=O)OC(C)C(NC(=O)C(Cc3cc(F)cc(F)c3)N=O)C(=O)N3CCCC3C(=O)N3CCCCC3C(=O)NC(C)C(=O)N2C1. The maximum Gasteiger partial charge on any atom is 0.329 e. The van der Waals surface area contributed by atoms with E-state index >= 15 is 0 Å². The van der Waals surface area contributed by atoms with Crippen LogP contribution >= 0.6 is 0 Å². The van der Waals surface area contributed by atoms with Crippen LogP contribution in [0, 0.1) is 22.5 Å². The summed E-state index contributed by atoms with van der Waals surface area (Å²) in [6.45, 7) is 5.35. The Labute approximate surface area is 282 Å². The fraction of sp³-hybridized carbons (Fsp3) is 0.636. The zero-order valence-corrected chi connectivity index (χ0v) is 27.7. The maximum atomic E-state index is 14.3. The second-order valence-electron chi connectivity index (χ2n) is 13.5. The van der Waals surface area contributed by atoms with Crippen molar-refractivity contribution in [3.8, 4) is 0 Å². The highest BCUT2D eigenvalue weighted by Crippen LogP contribution is 2.29. The molecule has 5 amide bonds. The number of carbonyl (C=O) groups is 6. The molecular formula is C33H42F2N6O8. The molecule has 2 N–H and O–H groups in total. The van der Waals surface area contributed by atoms with Crippen LogP contribution < -0.4 is 10.6 Å². The monoisotopic (exact) mass is 688 g/mol. The number of halogens is 2. The third-order valence-corrected chi connectivity index (χ3v) is 9.82. The van der Waals surface area contributed by atoms with E-state index in [2.05, 4.69) is 15.8 Å². The lowest BCUT2D eigenvalue weighted by atomic mass is 9.99. The number of benzene rings is 1. The Hall–Kier alpha value is -4.50. The molecule has 0 aromatic heterocycles. The summed E-state index contributed by atoms with van der Waals surface area (Å²) in [6, 6.07) is -4.70. The lowest BCUT2D eigenvalue weighted by molar-refractivity contribution is -0.163. The van der Waals surface area contributed by atoms with E-state index in [1.165, 1.54) is 28.5 Å². The Morgan fingerprint density at radius 3 is 2.24 bits per heavy atom. The molecule has 16 heteroatoms. The van der Waals surface area contributed by atoms with Crippen molar-refractivity contribution in [3.05, 3.63) is 40.3 Å². The van der Waals surface area contributed by atoms with Crippen molar-refractivity contribution in [3.63, 3.8) is 0 Å². The first-order valence-corrected chi connectivity index (χ1v) is 16.8.